The quantitative estimate of drug-likeness (QED) is 0.473. The van der Waals surface area contributed by atoms with Crippen molar-refractivity contribution in [2.75, 3.05) is 0 Å². The van der Waals surface area contributed by atoms with Crippen LogP contribution >= 0.6 is 0 Å². The van der Waals surface area contributed by atoms with Crippen LogP contribution in [0.3, 0.4) is 0 Å². The van der Waals surface area contributed by atoms with Gasteiger partial charge in [-0.25, -0.2) is 0 Å². The van der Waals surface area contributed by atoms with E-state index >= 15 is 0 Å². The number of hydrogen-bond donors (Lipinski definition) is 0. The Kier molecular flexibility index (Phi) is 4.31. The van der Waals surface area contributed by atoms with Gasteiger partial charge in [-0.3, -0.25) is 0 Å². The van der Waals surface area contributed by atoms with Crippen LogP contribution in [0, 0.1) is 0 Å². The van der Waals surface area contributed by atoms with E-state index < -0.39 is 13.2 Å². The van der Waals surface area contributed by atoms with E-state index in [-0.39, 0.29) is 0 Å². The van der Waals surface area contributed by atoms with Crippen LogP contribution in [0.15, 0.2) is 0 Å². The molecule has 0 nitrogen and oxygen atoms in total. The van der Waals surface area contributed by atoms with E-state index in [1.807, 2.05) is 0 Å². The van der Waals surface area contributed by atoms with Gasteiger partial charge in [0.2, 0.25) is 0 Å². The molecule has 0 aromatic rings. The van der Waals surface area contributed by atoms with Crippen LogP contribution in [0.4, 0.5) is 0 Å². The first-order valence-corrected chi connectivity index (χ1v) is 4.40. The fourth-order valence-electron chi connectivity index (χ4n) is 1.03. The average molecular weight is 146 g/mol. The number of unbranched alkanes of at least 4 members (excludes halogenated alkanes) is 5. The van der Waals surface area contributed by atoms with E-state index in [9.17, 15) is 0 Å². The molecule has 0 amide bonds. The zero-order valence-corrected chi connectivity index (χ0v) is 7.03. The first-order chi connectivity index (χ1) is 6.48. The molecular formula is C10H22. The molecule has 62 valence electrons. The largest absolute Gasteiger partial charge is 0.0654 e. The van der Waals surface area contributed by atoms with Crippen molar-refractivity contribution in [3.63, 3.8) is 0 Å². The van der Waals surface area contributed by atoms with Crippen molar-refractivity contribution in [1.29, 1.82) is 0 Å². The molecule has 0 aromatic carbocycles. The second-order valence-electron chi connectivity index (χ2n) is 2.76. The molecule has 0 aliphatic rings. The third kappa shape index (κ3) is 8.00. The lowest BCUT2D eigenvalue weighted by Gasteiger charge is -1.97. The minimum absolute atomic E-state index is 0.516. The highest BCUT2D eigenvalue weighted by atomic mass is 13.9. The summed E-state index contributed by atoms with van der Waals surface area (Å²) in [6.07, 6.45) is 6.52. The predicted octanol–water partition coefficient (Wildman–Crippen LogP) is 4.15. The first kappa shape index (κ1) is 4.79. The Labute approximate surface area is 71.6 Å². The predicted molar refractivity (Wildman–Crippen MR) is 48.3 cm³/mol. The summed E-state index contributed by atoms with van der Waals surface area (Å²) in [5.74, 6) is 0. The molecule has 0 aromatic heterocycles. The zero-order chi connectivity index (χ0) is 11.0. The van der Waals surface area contributed by atoms with Gasteiger partial charge in [0.25, 0.3) is 0 Å². The highest BCUT2D eigenvalue weighted by Crippen LogP contribution is 2.07. The SMILES string of the molecule is [2H]C(CCCCCCCC)C([2H])([2H])[2H]. The summed E-state index contributed by atoms with van der Waals surface area (Å²) in [5, 5.41) is 0. The average Bonchev–Trinajstić information content (AvgIpc) is 2.09. The van der Waals surface area contributed by atoms with Crippen molar-refractivity contribution in [3.8, 4) is 0 Å². The van der Waals surface area contributed by atoms with E-state index in [0.29, 0.717) is 6.42 Å². The maximum absolute atomic E-state index is 7.38. The van der Waals surface area contributed by atoms with Gasteiger partial charge >= 0.3 is 0 Å². The lowest BCUT2D eigenvalue weighted by atomic mass is 10.1. The molecule has 0 saturated carbocycles. The molecule has 10 heavy (non-hydrogen) atoms. The van der Waals surface area contributed by atoms with Crippen LogP contribution in [0.2, 0.25) is 0 Å². The maximum atomic E-state index is 7.38. The fourth-order valence-corrected chi connectivity index (χ4v) is 1.03. The zero-order valence-electron chi connectivity index (χ0n) is 11.0. The smallest absolute Gasteiger partial charge is 0.0264 e. The van der Waals surface area contributed by atoms with Crippen molar-refractivity contribution >= 4 is 0 Å². The van der Waals surface area contributed by atoms with Crippen LogP contribution in [0.5, 0.6) is 0 Å². The Hall–Kier alpha value is 0. The summed E-state index contributed by atoms with van der Waals surface area (Å²) in [5.41, 5.74) is 0. The van der Waals surface area contributed by atoms with Crippen LogP contribution in [0.25, 0.3) is 0 Å². The highest BCUT2D eigenvalue weighted by molar-refractivity contribution is 4.43. The lowest BCUT2D eigenvalue weighted by molar-refractivity contribution is 0.585. The Morgan fingerprint density at radius 1 is 1.00 bits per heavy atom. The number of hydrogen-bond acceptors (Lipinski definition) is 0. The van der Waals surface area contributed by atoms with Crippen LogP contribution in [-0.2, 0) is 0 Å². The Balaban J connectivity index is 3.28. The Bertz CT molecular complexity index is 131. The minimum Gasteiger partial charge on any atom is -0.0654 e. The number of rotatable bonds is 7. The van der Waals surface area contributed by atoms with Crippen LogP contribution in [0.1, 0.15) is 70.6 Å². The Morgan fingerprint density at radius 3 is 2.20 bits per heavy atom. The standard InChI is InChI=1S/C10H22/c1-3-5-7-9-10-8-6-4-2/h3-10H2,1-2H3/i1D3,3D. The lowest BCUT2D eigenvalue weighted by Crippen LogP contribution is -1.77. The molecular weight excluding hydrogens is 120 g/mol. The van der Waals surface area contributed by atoms with Crippen molar-refractivity contribution in [3.05, 3.63) is 0 Å². The summed E-state index contributed by atoms with van der Waals surface area (Å²) < 4.78 is 28.5. The van der Waals surface area contributed by atoms with Gasteiger partial charge in [0, 0.05) is 5.48 Å². The molecule has 0 bridgehead atoms. The molecule has 0 fully saturated rings. The molecule has 0 saturated heterocycles. The van der Waals surface area contributed by atoms with Crippen molar-refractivity contribution < 1.29 is 5.48 Å². The summed E-state index contributed by atoms with van der Waals surface area (Å²) in [7, 11) is 0. The van der Waals surface area contributed by atoms with E-state index in [2.05, 4.69) is 6.92 Å². The maximum Gasteiger partial charge on any atom is 0.0264 e. The van der Waals surface area contributed by atoms with Crippen LogP contribution in [-0.4, -0.2) is 0 Å². The molecule has 1 atom stereocenters. The third-order valence-corrected chi connectivity index (χ3v) is 1.70. The van der Waals surface area contributed by atoms with Gasteiger partial charge < -0.3 is 0 Å². The second-order valence-corrected chi connectivity index (χ2v) is 2.76. The van der Waals surface area contributed by atoms with Gasteiger partial charge in [0.05, 0.1) is 0 Å². The van der Waals surface area contributed by atoms with Gasteiger partial charge in [0.1, 0.15) is 0 Å². The van der Waals surface area contributed by atoms with Crippen molar-refractivity contribution in [2.45, 2.75) is 65.1 Å². The van der Waals surface area contributed by atoms with Crippen LogP contribution < -0.4 is 0 Å². The Morgan fingerprint density at radius 2 is 1.60 bits per heavy atom. The first-order valence-electron chi connectivity index (χ1n) is 6.48. The van der Waals surface area contributed by atoms with Gasteiger partial charge in [-0.1, -0.05) is 65.1 Å². The summed E-state index contributed by atoms with van der Waals surface area (Å²) in [6.45, 7) is 0.0951. The van der Waals surface area contributed by atoms with Crippen molar-refractivity contribution in [2.24, 2.45) is 0 Å². The topological polar surface area (TPSA) is 0 Å². The van der Waals surface area contributed by atoms with E-state index in [1.54, 1.807) is 0 Å². The third-order valence-electron chi connectivity index (χ3n) is 1.70. The molecule has 0 radical (unpaired) electrons. The van der Waals surface area contributed by atoms with E-state index in [0.717, 1.165) is 12.8 Å². The summed E-state index contributed by atoms with van der Waals surface area (Å²) in [6, 6.07) is 0. The molecule has 0 heterocycles. The van der Waals surface area contributed by atoms with Crippen molar-refractivity contribution in [1.82, 2.24) is 0 Å². The summed E-state index contributed by atoms with van der Waals surface area (Å²) in [4.78, 5) is 0. The van der Waals surface area contributed by atoms with Gasteiger partial charge in [-0.05, 0) is 0 Å². The summed E-state index contributed by atoms with van der Waals surface area (Å²) >= 11 is 0. The molecule has 0 N–H and O–H groups in total. The molecule has 1 unspecified atom stereocenters. The normalized spacial score (nSPS) is 20.5. The van der Waals surface area contributed by atoms with E-state index in [4.69, 9.17) is 5.48 Å². The monoisotopic (exact) mass is 146 g/mol. The van der Waals surface area contributed by atoms with E-state index in [1.165, 1.54) is 25.7 Å². The van der Waals surface area contributed by atoms with Gasteiger partial charge in [0.15, 0.2) is 0 Å². The molecule has 0 spiro atoms. The fraction of sp³-hybridized carbons (Fsp3) is 1.00. The molecule has 0 rings (SSSR count). The van der Waals surface area contributed by atoms with Gasteiger partial charge in [-0.15, -0.1) is 0 Å². The second kappa shape index (κ2) is 9.00. The molecule has 0 aliphatic heterocycles. The molecule has 0 aliphatic carbocycles. The van der Waals surface area contributed by atoms with Gasteiger partial charge in [-0.2, -0.15) is 0 Å². The molecule has 0 heteroatoms. The minimum atomic E-state index is -2.08. The highest BCUT2D eigenvalue weighted by Gasteiger charge is 1.87.